The molecule has 0 spiro atoms. The van der Waals surface area contributed by atoms with Crippen LogP contribution in [0, 0.1) is 0 Å². The zero-order valence-corrected chi connectivity index (χ0v) is 22.4. The summed E-state index contributed by atoms with van der Waals surface area (Å²) < 4.78 is 12.1. The molecule has 0 saturated heterocycles. The van der Waals surface area contributed by atoms with Gasteiger partial charge in [0.2, 0.25) is 5.34 Å². The van der Waals surface area contributed by atoms with E-state index in [1.807, 2.05) is 21.1 Å². The average molecular weight is 475 g/mol. The highest BCUT2D eigenvalue weighted by Crippen LogP contribution is 2.52. The van der Waals surface area contributed by atoms with Crippen molar-refractivity contribution in [2.75, 3.05) is 27.7 Å². The van der Waals surface area contributed by atoms with Gasteiger partial charge in [-0.25, -0.2) is 0 Å². The molecule has 0 radical (unpaired) electrons. The molecule has 6 heteroatoms. The molecule has 0 aliphatic heterocycles. The second-order valence-electron chi connectivity index (χ2n) is 10.4. The smallest absolute Gasteiger partial charge is 0.362 e. The van der Waals surface area contributed by atoms with E-state index in [-0.39, 0.29) is 13.0 Å². The number of aliphatic hydroxyl groups is 1. The third-order valence-electron chi connectivity index (χ3n) is 5.77. The molecule has 0 saturated carbocycles. The lowest BCUT2D eigenvalue weighted by Gasteiger charge is -2.35. The highest BCUT2D eigenvalue weighted by molar-refractivity contribution is 7.53. The maximum atomic E-state index is 11.8. The van der Waals surface area contributed by atoms with Crippen molar-refractivity contribution in [1.82, 2.24) is 0 Å². The number of hydrogen-bond acceptors (Lipinski definition) is 2. The Kier molecular flexibility index (Phi) is 17.7. The second kappa shape index (κ2) is 18.0. The summed E-state index contributed by atoms with van der Waals surface area (Å²) in [6, 6.07) is 0. The topological polar surface area (TPSA) is 77.8 Å². The van der Waals surface area contributed by atoms with Crippen LogP contribution in [0.4, 0.5) is 0 Å². The van der Waals surface area contributed by atoms with Crippen LogP contribution in [0.15, 0.2) is 24.3 Å². The normalized spacial score (nSPS) is 15.1. The summed E-state index contributed by atoms with van der Waals surface area (Å²) in [5.41, 5.74) is 0. The van der Waals surface area contributed by atoms with Gasteiger partial charge in [-0.3, -0.25) is 4.57 Å². The van der Waals surface area contributed by atoms with E-state index in [1.165, 1.54) is 64.2 Å². The molecule has 190 valence electrons. The summed E-state index contributed by atoms with van der Waals surface area (Å²) in [5.74, 6) is 0. The highest BCUT2D eigenvalue weighted by atomic mass is 31.2. The van der Waals surface area contributed by atoms with Gasteiger partial charge in [-0.05, 0) is 57.8 Å². The SMILES string of the molecule is CCCC/C=C\CCCC/C=C\CCCCCCCCCC(O)(C[N+](C)(C)C)P(=O)(O)O. The molecule has 0 rings (SSSR count). The van der Waals surface area contributed by atoms with E-state index in [9.17, 15) is 19.5 Å². The Balaban J connectivity index is 3.65. The lowest BCUT2D eigenvalue weighted by atomic mass is 10.0. The molecule has 3 N–H and O–H groups in total. The first-order valence-electron chi connectivity index (χ1n) is 12.9. The second-order valence-corrected chi connectivity index (χ2v) is 12.3. The van der Waals surface area contributed by atoms with Crippen LogP contribution in [0.2, 0.25) is 0 Å². The van der Waals surface area contributed by atoms with E-state index < -0.39 is 12.9 Å². The number of rotatable bonds is 21. The van der Waals surface area contributed by atoms with E-state index in [0.29, 0.717) is 10.9 Å². The molecule has 0 aliphatic carbocycles. The van der Waals surface area contributed by atoms with Crippen LogP contribution in [0.5, 0.6) is 0 Å². The zero-order valence-electron chi connectivity index (χ0n) is 21.5. The molecule has 5 nitrogen and oxygen atoms in total. The van der Waals surface area contributed by atoms with E-state index >= 15 is 0 Å². The average Bonchev–Trinajstić information content (AvgIpc) is 2.67. The van der Waals surface area contributed by atoms with Gasteiger partial charge in [0.1, 0.15) is 6.54 Å². The first-order valence-corrected chi connectivity index (χ1v) is 14.5. The molecule has 1 atom stereocenters. The van der Waals surface area contributed by atoms with Crippen LogP contribution in [0.1, 0.15) is 110 Å². The summed E-state index contributed by atoms with van der Waals surface area (Å²) in [7, 11) is 0.964. The summed E-state index contributed by atoms with van der Waals surface area (Å²) >= 11 is 0. The Labute approximate surface area is 198 Å². The van der Waals surface area contributed by atoms with Crippen LogP contribution in [-0.2, 0) is 4.57 Å². The van der Waals surface area contributed by atoms with Gasteiger partial charge in [-0.1, -0.05) is 76.2 Å². The fraction of sp³-hybridized carbons (Fsp3) is 0.846. The van der Waals surface area contributed by atoms with Crippen molar-refractivity contribution < 1.29 is 23.9 Å². The summed E-state index contributed by atoms with van der Waals surface area (Å²) in [6.07, 6.45) is 26.9. The van der Waals surface area contributed by atoms with Crippen molar-refractivity contribution in [2.24, 2.45) is 0 Å². The Bertz CT molecular complexity index is 551. The number of allylic oxidation sites excluding steroid dienone is 4. The molecule has 0 aromatic rings. The minimum atomic E-state index is -4.55. The molecule has 0 aromatic heterocycles. The monoisotopic (exact) mass is 474 g/mol. The largest absolute Gasteiger partial charge is 0.373 e. The fourth-order valence-electron chi connectivity index (χ4n) is 3.95. The van der Waals surface area contributed by atoms with E-state index in [2.05, 4.69) is 31.2 Å². The quantitative estimate of drug-likeness (QED) is 0.0729. The van der Waals surface area contributed by atoms with Crippen molar-refractivity contribution in [3.63, 3.8) is 0 Å². The minimum Gasteiger partial charge on any atom is -0.373 e. The molecule has 0 fully saturated rings. The Morgan fingerprint density at radius 3 is 1.47 bits per heavy atom. The van der Waals surface area contributed by atoms with Gasteiger partial charge in [-0.15, -0.1) is 0 Å². The van der Waals surface area contributed by atoms with Crippen molar-refractivity contribution in [1.29, 1.82) is 0 Å². The van der Waals surface area contributed by atoms with E-state index in [1.54, 1.807) is 0 Å². The maximum Gasteiger partial charge on any atom is 0.362 e. The predicted molar refractivity (Wildman–Crippen MR) is 138 cm³/mol. The van der Waals surface area contributed by atoms with Gasteiger partial charge in [0.15, 0.2) is 0 Å². The molecule has 32 heavy (non-hydrogen) atoms. The van der Waals surface area contributed by atoms with E-state index in [4.69, 9.17) is 0 Å². The van der Waals surface area contributed by atoms with Crippen LogP contribution < -0.4 is 0 Å². The van der Waals surface area contributed by atoms with Crippen molar-refractivity contribution in [3.05, 3.63) is 24.3 Å². The third kappa shape index (κ3) is 18.0. The van der Waals surface area contributed by atoms with Gasteiger partial charge in [0.25, 0.3) is 0 Å². The minimum absolute atomic E-state index is 0.0564. The lowest BCUT2D eigenvalue weighted by Crippen LogP contribution is -2.49. The van der Waals surface area contributed by atoms with Gasteiger partial charge < -0.3 is 19.4 Å². The number of hydrogen-bond donors (Lipinski definition) is 3. The van der Waals surface area contributed by atoms with Gasteiger partial charge in [0, 0.05) is 0 Å². The molecule has 0 aromatic carbocycles. The Morgan fingerprint density at radius 1 is 0.688 bits per heavy atom. The number of likely N-dealkylation sites (N-methyl/N-ethyl adjacent to an activating group) is 1. The summed E-state index contributed by atoms with van der Waals surface area (Å²) in [5, 5.41) is 8.63. The van der Waals surface area contributed by atoms with Crippen LogP contribution in [-0.4, -0.2) is 52.4 Å². The van der Waals surface area contributed by atoms with E-state index in [0.717, 1.165) is 25.7 Å². The fourth-order valence-corrected chi connectivity index (χ4v) is 5.01. The highest BCUT2D eigenvalue weighted by Gasteiger charge is 2.48. The van der Waals surface area contributed by atoms with Gasteiger partial charge >= 0.3 is 7.60 Å². The Hall–Kier alpha value is -0.450. The molecule has 0 amide bonds. The van der Waals surface area contributed by atoms with Crippen molar-refractivity contribution >= 4 is 7.60 Å². The molecule has 1 unspecified atom stereocenters. The summed E-state index contributed by atoms with van der Waals surface area (Å²) in [4.78, 5) is 19.2. The maximum absolute atomic E-state index is 11.8. The van der Waals surface area contributed by atoms with Crippen molar-refractivity contribution in [3.8, 4) is 0 Å². The molecule has 0 aliphatic rings. The number of nitrogens with zero attached hydrogens (tertiary/aromatic N) is 1. The molecular weight excluding hydrogens is 421 g/mol. The number of unbranched alkanes of at least 4 members (excludes halogenated alkanes) is 12. The Morgan fingerprint density at radius 2 is 1.06 bits per heavy atom. The first kappa shape index (κ1) is 31.6. The lowest BCUT2D eigenvalue weighted by molar-refractivity contribution is -0.875. The van der Waals surface area contributed by atoms with Gasteiger partial charge in [0.05, 0.1) is 21.1 Å². The van der Waals surface area contributed by atoms with Crippen molar-refractivity contribution in [2.45, 2.75) is 115 Å². The summed E-state index contributed by atoms with van der Waals surface area (Å²) in [6.45, 7) is 2.29. The first-order chi connectivity index (χ1) is 15.0. The predicted octanol–water partition coefficient (Wildman–Crippen LogP) is 6.93. The third-order valence-corrected chi connectivity index (χ3v) is 7.22. The molecular formula is C26H53NO4P+. The standard InChI is InChI=1S/C26H52NO4P/c1-5-6-7-8-9-10-11-12-13-14-15-16-17-18-19-20-21-22-23-24-26(28,32(29,30)31)25-27(2,3)4/h8-9,14-15,28H,5-7,10-13,16-25H2,1-4H3,(H-,29,30,31)/p+1/b9-8-,15-14-. The van der Waals surface area contributed by atoms with Crippen LogP contribution in [0.25, 0.3) is 0 Å². The number of quaternary nitrogens is 1. The van der Waals surface area contributed by atoms with Crippen LogP contribution in [0.3, 0.4) is 0 Å². The molecule has 0 bridgehead atoms. The van der Waals surface area contributed by atoms with Gasteiger partial charge in [-0.2, -0.15) is 0 Å². The van der Waals surface area contributed by atoms with Crippen LogP contribution >= 0.6 is 7.60 Å². The zero-order chi connectivity index (χ0) is 24.3. The molecule has 0 heterocycles.